The zero-order valence-electron chi connectivity index (χ0n) is 9.58. The van der Waals surface area contributed by atoms with Gasteiger partial charge in [-0.25, -0.2) is 9.37 Å². The van der Waals surface area contributed by atoms with Crippen LogP contribution in [0, 0.1) is 12.7 Å². The van der Waals surface area contributed by atoms with Crippen molar-refractivity contribution in [1.82, 2.24) is 4.98 Å². The Morgan fingerprint density at radius 1 is 1.33 bits per heavy atom. The lowest BCUT2D eigenvalue weighted by atomic mass is 10.2. The highest BCUT2D eigenvalue weighted by Gasteiger charge is 2.08. The van der Waals surface area contributed by atoms with Gasteiger partial charge in [-0.15, -0.1) is 0 Å². The Bertz CT molecular complexity index is 601. The van der Waals surface area contributed by atoms with Crippen LogP contribution in [0.4, 0.5) is 10.2 Å². The summed E-state index contributed by atoms with van der Waals surface area (Å²) in [5.41, 5.74) is 1.03. The van der Waals surface area contributed by atoms with Crippen LogP contribution in [0.15, 0.2) is 40.9 Å². The molecule has 0 aliphatic heterocycles. The Kier molecular flexibility index (Phi) is 3.72. The largest absolute Gasteiger partial charge is 0.307 e. The first kappa shape index (κ1) is 12.7. The number of carbonyl (C=O) groups excluding carboxylic acids is 1. The van der Waals surface area contributed by atoms with Gasteiger partial charge < -0.3 is 5.32 Å². The zero-order valence-corrected chi connectivity index (χ0v) is 11.2. The minimum Gasteiger partial charge on any atom is -0.307 e. The number of hydrogen-bond donors (Lipinski definition) is 1. The molecule has 0 unspecified atom stereocenters. The first-order chi connectivity index (χ1) is 8.56. The molecule has 1 amide bonds. The summed E-state index contributed by atoms with van der Waals surface area (Å²) >= 11 is 3.33. The summed E-state index contributed by atoms with van der Waals surface area (Å²) in [5.74, 6) is -0.392. The normalized spacial score (nSPS) is 10.2. The number of amides is 1. The number of pyridine rings is 1. The second kappa shape index (κ2) is 5.27. The molecule has 1 aromatic carbocycles. The van der Waals surface area contributed by atoms with E-state index in [2.05, 4.69) is 26.2 Å². The van der Waals surface area contributed by atoms with E-state index in [-0.39, 0.29) is 11.5 Å². The number of halogens is 2. The molecule has 1 aromatic heterocycles. The van der Waals surface area contributed by atoms with Crippen molar-refractivity contribution in [3.8, 4) is 0 Å². The fourth-order valence-electron chi connectivity index (χ4n) is 1.43. The molecule has 0 saturated carbocycles. The molecule has 0 fully saturated rings. The molecular weight excluding hydrogens is 299 g/mol. The van der Waals surface area contributed by atoms with Crippen LogP contribution < -0.4 is 5.32 Å². The number of aromatic nitrogens is 1. The molecule has 5 heteroatoms. The predicted octanol–water partition coefficient (Wildman–Crippen LogP) is 3.54. The molecule has 0 saturated heterocycles. The topological polar surface area (TPSA) is 42.0 Å². The maximum Gasteiger partial charge on any atom is 0.256 e. The molecule has 0 aliphatic carbocycles. The molecule has 1 N–H and O–H groups in total. The van der Waals surface area contributed by atoms with Crippen molar-refractivity contribution >= 4 is 27.7 Å². The number of aryl methyl sites for hydroxylation is 1. The number of benzene rings is 1. The molecule has 0 aliphatic rings. The van der Waals surface area contributed by atoms with Crippen molar-refractivity contribution in [3.05, 3.63) is 57.9 Å². The second-order valence-corrected chi connectivity index (χ2v) is 4.58. The molecule has 2 rings (SSSR count). The van der Waals surface area contributed by atoms with Gasteiger partial charge in [-0.2, -0.15) is 0 Å². The van der Waals surface area contributed by atoms with E-state index in [1.807, 2.05) is 6.92 Å². The van der Waals surface area contributed by atoms with E-state index in [9.17, 15) is 9.18 Å². The molecule has 0 bridgehead atoms. The number of anilines is 1. The average molecular weight is 309 g/mol. The van der Waals surface area contributed by atoms with Crippen molar-refractivity contribution in [2.75, 3.05) is 5.32 Å². The minimum absolute atomic E-state index is 0.261. The van der Waals surface area contributed by atoms with E-state index < -0.39 is 5.82 Å². The summed E-state index contributed by atoms with van der Waals surface area (Å²) in [7, 11) is 0. The SMILES string of the molecule is Cc1nc(NC(=O)c2cccc(F)c2)ccc1Br. The number of carbonyl (C=O) groups is 1. The fourth-order valence-corrected chi connectivity index (χ4v) is 1.65. The molecule has 1 heterocycles. The third-order valence-electron chi connectivity index (χ3n) is 2.35. The quantitative estimate of drug-likeness (QED) is 0.922. The highest BCUT2D eigenvalue weighted by molar-refractivity contribution is 9.10. The lowest BCUT2D eigenvalue weighted by molar-refractivity contribution is 0.102. The first-order valence-electron chi connectivity index (χ1n) is 5.26. The van der Waals surface area contributed by atoms with Crippen LogP contribution in [-0.4, -0.2) is 10.9 Å². The average Bonchev–Trinajstić information content (AvgIpc) is 2.34. The molecule has 0 spiro atoms. The van der Waals surface area contributed by atoms with Crippen molar-refractivity contribution in [3.63, 3.8) is 0 Å². The van der Waals surface area contributed by atoms with Crippen LogP contribution in [0.25, 0.3) is 0 Å². The number of rotatable bonds is 2. The van der Waals surface area contributed by atoms with Crippen LogP contribution in [-0.2, 0) is 0 Å². The monoisotopic (exact) mass is 308 g/mol. The van der Waals surface area contributed by atoms with Crippen LogP contribution >= 0.6 is 15.9 Å². The third kappa shape index (κ3) is 2.92. The highest BCUT2D eigenvalue weighted by atomic mass is 79.9. The zero-order chi connectivity index (χ0) is 13.1. The van der Waals surface area contributed by atoms with Gasteiger partial charge in [0.1, 0.15) is 11.6 Å². The van der Waals surface area contributed by atoms with Crippen LogP contribution in [0.2, 0.25) is 0 Å². The Balaban J connectivity index is 2.18. The van der Waals surface area contributed by atoms with Gasteiger partial charge in [0.05, 0.1) is 5.69 Å². The van der Waals surface area contributed by atoms with E-state index in [4.69, 9.17) is 0 Å². The number of hydrogen-bond acceptors (Lipinski definition) is 2. The van der Waals surface area contributed by atoms with E-state index in [1.54, 1.807) is 18.2 Å². The van der Waals surface area contributed by atoms with Gasteiger partial charge in [-0.05, 0) is 53.2 Å². The lowest BCUT2D eigenvalue weighted by Crippen LogP contribution is -2.13. The molecule has 3 nitrogen and oxygen atoms in total. The molecule has 2 aromatic rings. The van der Waals surface area contributed by atoms with Gasteiger partial charge in [0.2, 0.25) is 0 Å². The summed E-state index contributed by atoms with van der Waals surface area (Å²) in [6, 6.07) is 8.98. The van der Waals surface area contributed by atoms with E-state index in [1.165, 1.54) is 18.2 Å². The number of nitrogens with zero attached hydrogens (tertiary/aromatic N) is 1. The molecule has 18 heavy (non-hydrogen) atoms. The van der Waals surface area contributed by atoms with Gasteiger partial charge >= 0.3 is 0 Å². The molecule has 92 valence electrons. The molecule has 0 radical (unpaired) electrons. The van der Waals surface area contributed by atoms with Crippen LogP contribution in [0.3, 0.4) is 0 Å². The highest BCUT2D eigenvalue weighted by Crippen LogP contribution is 2.16. The van der Waals surface area contributed by atoms with Gasteiger partial charge in [-0.1, -0.05) is 6.07 Å². The minimum atomic E-state index is -0.442. The molecule has 0 atom stereocenters. The Morgan fingerprint density at radius 3 is 2.78 bits per heavy atom. The van der Waals surface area contributed by atoms with E-state index >= 15 is 0 Å². The first-order valence-corrected chi connectivity index (χ1v) is 6.05. The van der Waals surface area contributed by atoms with Crippen LogP contribution in [0.5, 0.6) is 0 Å². The van der Waals surface area contributed by atoms with Gasteiger partial charge in [0, 0.05) is 10.0 Å². The summed E-state index contributed by atoms with van der Waals surface area (Å²) in [6.45, 7) is 1.82. The van der Waals surface area contributed by atoms with E-state index in [0.29, 0.717) is 5.82 Å². The smallest absolute Gasteiger partial charge is 0.256 e. The maximum absolute atomic E-state index is 13.0. The van der Waals surface area contributed by atoms with Crippen molar-refractivity contribution in [2.24, 2.45) is 0 Å². The van der Waals surface area contributed by atoms with Crippen LogP contribution in [0.1, 0.15) is 16.1 Å². The Hall–Kier alpha value is -1.75. The predicted molar refractivity (Wildman–Crippen MR) is 71.0 cm³/mol. The summed E-state index contributed by atoms with van der Waals surface area (Å²) < 4.78 is 13.8. The Morgan fingerprint density at radius 2 is 2.11 bits per heavy atom. The van der Waals surface area contributed by atoms with Gasteiger partial charge in [0.25, 0.3) is 5.91 Å². The third-order valence-corrected chi connectivity index (χ3v) is 3.19. The van der Waals surface area contributed by atoms with Gasteiger partial charge in [0.15, 0.2) is 0 Å². The van der Waals surface area contributed by atoms with Gasteiger partial charge in [-0.3, -0.25) is 4.79 Å². The number of nitrogens with one attached hydrogen (secondary N) is 1. The molecular formula is C13H10BrFN2O. The van der Waals surface area contributed by atoms with Crippen molar-refractivity contribution in [2.45, 2.75) is 6.92 Å². The lowest BCUT2D eigenvalue weighted by Gasteiger charge is -2.06. The summed E-state index contributed by atoms with van der Waals surface area (Å²) in [5, 5.41) is 2.62. The van der Waals surface area contributed by atoms with Crippen molar-refractivity contribution < 1.29 is 9.18 Å². The van der Waals surface area contributed by atoms with E-state index in [0.717, 1.165) is 10.2 Å². The summed E-state index contributed by atoms with van der Waals surface area (Å²) in [4.78, 5) is 16.0. The Labute approximate surface area is 112 Å². The standard InChI is InChI=1S/C13H10BrFN2O/c1-8-11(14)5-6-12(16-8)17-13(18)9-3-2-4-10(15)7-9/h2-7H,1H3,(H,16,17,18). The van der Waals surface area contributed by atoms with Crippen molar-refractivity contribution in [1.29, 1.82) is 0 Å². The fraction of sp³-hybridized carbons (Fsp3) is 0.0769. The second-order valence-electron chi connectivity index (χ2n) is 3.73. The summed E-state index contributed by atoms with van der Waals surface area (Å²) in [6.07, 6.45) is 0. The maximum atomic E-state index is 13.0.